The first-order valence-electron chi connectivity index (χ1n) is 7.57. The summed E-state index contributed by atoms with van der Waals surface area (Å²) in [6, 6.07) is 0. The van der Waals surface area contributed by atoms with Crippen LogP contribution in [0.1, 0.15) is 33.1 Å². The summed E-state index contributed by atoms with van der Waals surface area (Å²) >= 11 is 0. The van der Waals surface area contributed by atoms with E-state index in [1.165, 1.54) is 6.92 Å². The SMILES string of the molecule is CCCCC(NC(C)=O)P(=O)(O[Si](C)(C)C)O[Si](C)(C)C. The fourth-order valence-electron chi connectivity index (χ4n) is 1.85. The van der Waals surface area contributed by atoms with Gasteiger partial charge in [-0.05, 0) is 45.7 Å². The molecule has 0 radical (unpaired) electrons. The lowest BCUT2D eigenvalue weighted by Gasteiger charge is -2.36. The molecule has 0 aromatic carbocycles. The average molecular weight is 354 g/mol. The van der Waals surface area contributed by atoms with Gasteiger partial charge in [0.15, 0.2) is 16.6 Å². The van der Waals surface area contributed by atoms with Crippen molar-refractivity contribution in [2.75, 3.05) is 0 Å². The monoisotopic (exact) mass is 353 g/mol. The third kappa shape index (κ3) is 9.63. The molecule has 0 bridgehead atoms. The largest absolute Gasteiger partial charge is 0.350 e. The predicted molar refractivity (Wildman–Crippen MR) is 93.6 cm³/mol. The molecule has 1 N–H and O–H groups in total. The van der Waals surface area contributed by atoms with Crippen LogP contribution in [0.3, 0.4) is 0 Å². The van der Waals surface area contributed by atoms with E-state index in [0.29, 0.717) is 6.42 Å². The quantitative estimate of drug-likeness (QED) is 0.488. The second-order valence-corrected chi connectivity index (χ2v) is 18.9. The molecule has 5 nitrogen and oxygen atoms in total. The Morgan fingerprint density at radius 2 is 1.52 bits per heavy atom. The molecule has 0 heterocycles. The highest BCUT2D eigenvalue weighted by Gasteiger charge is 2.43. The fourth-order valence-corrected chi connectivity index (χ4v) is 10.3. The van der Waals surface area contributed by atoms with Crippen LogP contribution in [0.15, 0.2) is 0 Å². The van der Waals surface area contributed by atoms with E-state index >= 15 is 0 Å². The maximum Gasteiger partial charge on any atom is 0.333 e. The molecule has 0 aliphatic rings. The molecule has 21 heavy (non-hydrogen) atoms. The summed E-state index contributed by atoms with van der Waals surface area (Å²) in [4.78, 5) is 11.5. The number of hydrogen-bond acceptors (Lipinski definition) is 4. The Labute approximate surface area is 132 Å². The zero-order valence-electron chi connectivity index (χ0n) is 14.8. The van der Waals surface area contributed by atoms with Gasteiger partial charge in [-0.1, -0.05) is 19.8 Å². The molecule has 8 heteroatoms. The molecule has 0 aromatic heterocycles. The van der Waals surface area contributed by atoms with Crippen molar-refractivity contribution >= 4 is 30.1 Å². The Balaban J connectivity index is 5.45. The van der Waals surface area contributed by atoms with Gasteiger partial charge in [-0.25, -0.2) is 0 Å². The van der Waals surface area contributed by atoms with Crippen LogP contribution in [0.2, 0.25) is 39.3 Å². The van der Waals surface area contributed by atoms with Gasteiger partial charge in [0.1, 0.15) is 5.78 Å². The van der Waals surface area contributed by atoms with Crippen LogP contribution in [0, 0.1) is 0 Å². The minimum Gasteiger partial charge on any atom is -0.350 e. The predicted octanol–water partition coefficient (Wildman–Crippen LogP) is 4.53. The van der Waals surface area contributed by atoms with Gasteiger partial charge in [-0.2, -0.15) is 0 Å². The molecular formula is C13H32NO4PSi2. The van der Waals surface area contributed by atoms with Gasteiger partial charge in [-0.3, -0.25) is 9.36 Å². The molecule has 0 aliphatic carbocycles. The lowest BCUT2D eigenvalue weighted by molar-refractivity contribution is -0.119. The molecule has 0 saturated carbocycles. The lowest BCUT2D eigenvalue weighted by atomic mass is 10.2. The van der Waals surface area contributed by atoms with Crippen LogP contribution in [-0.4, -0.2) is 28.3 Å². The van der Waals surface area contributed by atoms with Crippen molar-refractivity contribution in [3.05, 3.63) is 0 Å². The van der Waals surface area contributed by atoms with Crippen molar-refractivity contribution in [2.24, 2.45) is 0 Å². The van der Waals surface area contributed by atoms with Crippen LogP contribution in [0.5, 0.6) is 0 Å². The Morgan fingerprint density at radius 3 is 1.81 bits per heavy atom. The van der Waals surface area contributed by atoms with Crippen LogP contribution in [0.4, 0.5) is 0 Å². The highest BCUT2D eigenvalue weighted by Crippen LogP contribution is 2.57. The molecule has 1 atom stereocenters. The fraction of sp³-hybridized carbons (Fsp3) is 0.923. The Hall–Kier alpha value is 0.0538. The van der Waals surface area contributed by atoms with Crippen LogP contribution in [0.25, 0.3) is 0 Å². The molecule has 1 unspecified atom stereocenters. The Morgan fingerprint density at radius 1 is 1.10 bits per heavy atom. The number of nitrogens with one attached hydrogen (secondary N) is 1. The maximum absolute atomic E-state index is 13.4. The molecule has 0 aromatic rings. The third-order valence-electron chi connectivity index (χ3n) is 2.38. The third-order valence-corrected chi connectivity index (χ3v) is 9.95. The molecule has 1 amide bonds. The summed E-state index contributed by atoms with van der Waals surface area (Å²) in [7, 11) is -7.49. The first kappa shape index (κ1) is 21.1. The van der Waals surface area contributed by atoms with E-state index in [1.807, 2.05) is 39.3 Å². The highest BCUT2D eigenvalue weighted by atomic mass is 31.2. The van der Waals surface area contributed by atoms with Crippen LogP contribution < -0.4 is 5.32 Å². The van der Waals surface area contributed by atoms with Crippen molar-refractivity contribution in [1.29, 1.82) is 0 Å². The summed E-state index contributed by atoms with van der Waals surface area (Å²) in [5.74, 6) is -0.747. The minimum atomic E-state index is -3.36. The molecule has 0 saturated heterocycles. The number of rotatable bonds is 9. The van der Waals surface area contributed by atoms with Crippen LogP contribution in [-0.2, 0) is 17.8 Å². The first-order chi connectivity index (χ1) is 9.29. The van der Waals surface area contributed by atoms with Crippen molar-refractivity contribution < 1.29 is 17.8 Å². The zero-order chi connectivity index (χ0) is 16.9. The van der Waals surface area contributed by atoms with E-state index in [-0.39, 0.29) is 5.91 Å². The van der Waals surface area contributed by atoms with Gasteiger partial charge in [0.25, 0.3) is 0 Å². The average Bonchev–Trinajstić information content (AvgIpc) is 2.17. The van der Waals surface area contributed by atoms with Gasteiger partial charge in [0.2, 0.25) is 5.91 Å². The molecule has 0 aliphatic heterocycles. The topological polar surface area (TPSA) is 64.6 Å². The Kier molecular flexibility index (Phi) is 8.08. The highest BCUT2D eigenvalue weighted by molar-refractivity contribution is 7.57. The normalized spacial score (nSPS) is 14.9. The second-order valence-electron chi connectivity index (χ2n) is 7.31. The maximum atomic E-state index is 13.4. The summed E-state index contributed by atoms with van der Waals surface area (Å²) < 4.78 is 25.3. The number of hydrogen-bond donors (Lipinski definition) is 1. The van der Waals surface area contributed by atoms with E-state index in [2.05, 4.69) is 12.2 Å². The number of carbonyl (C=O) groups is 1. The van der Waals surface area contributed by atoms with Crippen LogP contribution >= 0.6 is 7.60 Å². The molecular weight excluding hydrogens is 321 g/mol. The summed E-state index contributed by atoms with van der Waals surface area (Å²) in [6.07, 6.45) is 2.46. The van der Waals surface area contributed by atoms with Crippen molar-refractivity contribution in [2.45, 2.75) is 78.2 Å². The van der Waals surface area contributed by atoms with Crippen molar-refractivity contribution in [1.82, 2.24) is 5.32 Å². The van der Waals surface area contributed by atoms with E-state index in [0.717, 1.165) is 12.8 Å². The van der Waals surface area contributed by atoms with Gasteiger partial charge in [0, 0.05) is 6.92 Å². The zero-order valence-corrected chi connectivity index (χ0v) is 17.7. The molecule has 0 rings (SSSR count). The standard InChI is InChI=1S/C13H32NO4PSi2/c1-9-10-11-13(14-12(2)15)19(16,17-20(3,4)5)18-21(6,7)8/h13H,9-11H2,1-8H3,(H,14,15). The molecule has 126 valence electrons. The van der Waals surface area contributed by atoms with E-state index in [1.54, 1.807) is 0 Å². The van der Waals surface area contributed by atoms with E-state index < -0.39 is 30.0 Å². The van der Waals surface area contributed by atoms with Gasteiger partial charge in [-0.15, -0.1) is 0 Å². The summed E-state index contributed by atoms with van der Waals surface area (Å²) in [6.45, 7) is 15.4. The molecule has 0 spiro atoms. The van der Waals surface area contributed by atoms with Crippen molar-refractivity contribution in [3.8, 4) is 0 Å². The van der Waals surface area contributed by atoms with Gasteiger partial charge >= 0.3 is 7.60 Å². The van der Waals surface area contributed by atoms with Gasteiger partial charge in [0.05, 0.1) is 0 Å². The smallest absolute Gasteiger partial charge is 0.333 e. The second kappa shape index (κ2) is 8.06. The summed E-state index contributed by atoms with van der Waals surface area (Å²) in [5, 5.41) is 2.79. The first-order valence-corrected chi connectivity index (χ1v) is 16.0. The minimum absolute atomic E-state index is 0.199. The Bertz CT molecular complexity index is 371. The van der Waals surface area contributed by atoms with Gasteiger partial charge < -0.3 is 13.7 Å². The number of carbonyl (C=O) groups excluding carboxylic acids is 1. The molecule has 0 fully saturated rings. The lowest BCUT2D eigenvalue weighted by Crippen LogP contribution is -2.40. The van der Waals surface area contributed by atoms with Crippen molar-refractivity contribution in [3.63, 3.8) is 0 Å². The number of unbranched alkanes of at least 4 members (excludes halogenated alkanes) is 1. The number of amides is 1. The van der Waals surface area contributed by atoms with E-state index in [4.69, 9.17) is 8.43 Å². The summed E-state index contributed by atoms with van der Waals surface area (Å²) in [5.41, 5.74) is 0. The van der Waals surface area contributed by atoms with E-state index in [9.17, 15) is 9.36 Å².